The van der Waals surface area contributed by atoms with Crippen LogP contribution in [0.3, 0.4) is 0 Å². The number of nitrogens with one attached hydrogen (secondary N) is 2. The number of amides is 1. The molecule has 1 aromatic carbocycles. The van der Waals surface area contributed by atoms with Gasteiger partial charge in [-0.05, 0) is 49.1 Å². The second kappa shape index (κ2) is 7.66. The molecular formula is C21H27N5O. The van der Waals surface area contributed by atoms with Crippen LogP contribution in [0.25, 0.3) is 0 Å². The topological polar surface area (TPSA) is 60.5 Å². The van der Waals surface area contributed by atoms with Crippen LogP contribution in [0.15, 0.2) is 42.7 Å². The van der Waals surface area contributed by atoms with Gasteiger partial charge in [-0.2, -0.15) is 0 Å². The van der Waals surface area contributed by atoms with E-state index in [1.807, 2.05) is 23.2 Å². The number of rotatable bonds is 3. The average Bonchev–Trinajstić information content (AvgIpc) is 3.21. The molecule has 3 heterocycles. The Balaban J connectivity index is 1.35. The van der Waals surface area contributed by atoms with Crippen molar-refractivity contribution in [3.8, 4) is 0 Å². The number of carbonyl (C=O) groups excluding carboxylic acids is 1. The number of carbonyl (C=O) groups is 1. The summed E-state index contributed by atoms with van der Waals surface area (Å²) in [6.07, 6.45) is 4.38. The first-order valence-electron chi connectivity index (χ1n) is 9.64. The Hall–Kier alpha value is -2.44. The van der Waals surface area contributed by atoms with Gasteiger partial charge in [0.05, 0.1) is 0 Å². The molecule has 2 N–H and O–H groups in total. The van der Waals surface area contributed by atoms with Gasteiger partial charge in [-0.25, -0.2) is 10.9 Å². The predicted molar refractivity (Wildman–Crippen MR) is 106 cm³/mol. The Labute approximate surface area is 160 Å². The van der Waals surface area contributed by atoms with Crippen molar-refractivity contribution in [1.82, 2.24) is 20.7 Å². The summed E-state index contributed by atoms with van der Waals surface area (Å²) in [5.74, 6) is 0.189. The van der Waals surface area contributed by atoms with Gasteiger partial charge in [-0.15, -0.1) is 0 Å². The number of aryl methyl sites for hydroxylation is 1. The van der Waals surface area contributed by atoms with E-state index in [4.69, 9.17) is 0 Å². The van der Waals surface area contributed by atoms with E-state index in [2.05, 4.69) is 52.8 Å². The van der Waals surface area contributed by atoms with Gasteiger partial charge in [0.25, 0.3) is 0 Å². The molecule has 2 aliphatic heterocycles. The lowest BCUT2D eigenvalue weighted by Gasteiger charge is -2.38. The minimum atomic E-state index is -0.178. The van der Waals surface area contributed by atoms with E-state index >= 15 is 0 Å². The predicted octanol–water partition coefficient (Wildman–Crippen LogP) is 1.95. The molecule has 142 valence electrons. The maximum Gasteiger partial charge on any atom is 0.241 e. The van der Waals surface area contributed by atoms with Crippen molar-refractivity contribution in [1.29, 1.82) is 0 Å². The fraction of sp³-hybridized carbons (Fsp3) is 0.429. The van der Waals surface area contributed by atoms with Crippen LogP contribution in [0.1, 0.15) is 29.2 Å². The van der Waals surface area contributed by atoms with E-state index in [-0.39, 0.29) is 18.0 Å². The lowest BCUT2D eigenvalue weighted by atomic mass is 10.0. The largest absolute Gasteiger partial charge is 0.368 e. The Morgan fingerprint density at radius 2 is 1.89 bits per heavy atom. The Morgan fingerprint density at radius 3 is 2.63 bits per heavy atom. The van der Waals surface area contributed by atoms with E-state index in [0.29, 0.717) is 0 Å². The normalized spacial score (nSPS) is 22.9. The number of hydrogen-bond acceptors (Lipinski definition) is 5. The Kier molecular flexibility index (Phi) is 5.09. The number of piperazine rings is 1. The van der Waals surface area contributed by atoms with Crippen molar-refractivity contribution in [3.05, 3.63) is 59.4 Å². The standard InChI is InChI=1S/C21H27N5O/c1-15-5-3-7-20(16(15)2)25-9-11-26(12-10-25)21(27)19-13-18(23-24-19)17-6-4-8-22-14-17/h3-8,14,18-19,23-24H,9-13H2,1-2H3. The highest BCUT2D eigenvalue weighted by molar-refractivity contribution is 5.82. The molecule has 0 saturated carbocycles. The molecule has 0 radical (unpaired) electrons. The number of nitrogens with zero attached hydrogens (tertiary/aromatic N) is 3. The zero-order chi connectivity index (χ0) is 18.8. The Bertz CT molecular complexity index is 801. The third kappa shape index (κ3) is 3.68. The number of benzene rings is 1. The molecule has 2 atom stereocenters. The summed E-state index contributed by atoms with van der Waals surface area (Å²) >= 11 is 0. The monoisotopic (exact) mass is 365 g/mol. The average molecular weight is 365 g/mol. The molecule has 0 aliphatic carbocycles. The first-order valence-corrected chi connectivity index (χ1v) is 9.64. The molecule has 2 aromatic rings. The first-order chi connectivity index (χ1) is 13.1. The number of pyridine rings is 1. The SMILES string of the molecule is Cc1cccc(N2CCN(C(=O)C3CC(c4cccnc4)NN3)CC2)c1C. The number of hydrogen-bond donors (Lipinski definition) is 2. The molecule has 6 nitrogen and oxygen atoms in total. The molecule has 2 saturated heterocycles. The molecule has 0 spiro atoms. The molecule has 1 amide bonds. The summed E-state index contributed by atoms with van der Waals surface area (Å²) in [6, 6.07) is 10.4. The highest BCUT2D eigenvalue weighted by atomic mass is 16.2. The Morgan fingerprint density at radius 1 is 1.07 bits per heavy atom. The van der Waals surface area contributed by atoms with Crippen LogP contribution in [0.4, 0.5) is 5.69 Å². The van der Waals surface area contributed by atoms with Crippen LogP contribution in [-0.2, 0) is 4.79 Å². The molecule has 2 unspecified atom stereocenters. The van der Waals surface area contributed by atoms with Gasteiger partial charge in [-0.1, -0.05) is 18.2 Å². The molecule has 6 heteroatoms. The fourth-order valence-electron chi connectivity index (χ4n) is 3.99. The molecule has 2 aliphatic rings. The second-order valence-electron chi connectivity index (χ2n) is 7.45. The maximum absolute atomic E-state index is 12.9. The highest BCUT2D eigenvalue weighted by Crippen LogP contribution is 2.25. The van der Waals surface area contributed by atoms with Crippen LogP contribution in [0.2, 0.25) is 0 Å². The van der Waals surface area contributed by atoms with Crippen LogP contribution in [-0.4, -0.2) is 48.0 Å². The molecule has 0 bridgehead atoms. The third-order valence-corrected chi connectivity index (χ3v) is 5.80. The van der Waals surface area contributed by atoms with Gasteiger partial charge < -0.3 is 9.80 Å². The summed E-state index contributed by atoms with van der Waals surface area (Å²) in [5.41, 5.74) is 11.5. The number of hydrazine groups is 1. The van der Waals surface area contributed by atoms with Crippen molar-refractivity contribution in [2.75, 3.05) is 31.1 Å². The molecule has 27 heavy (non-hydrogen) atoms. The second-order valence-corrected chi connectivity index (χ2v) is 7.45. The summed E-state index contributed by atoms with van der Waals surface area (Å²) < 4.78 is 0. The van der Waals surface area contributed by atoms with Gasteiger partial charge in [-0.3, -0.25) is 9.78 Å². The zero-order valence-electron chi connectivity index (χ0n) is 16.0. The number of anilines is 1. The lowest BCUT2D eigenvalue weighted by molar-refractivity contribution is -0.133. The van der Waals surface area contributed by atoms with Crippen LogP contribution in [0.5, 0.6) is 0 Å². The van der Waals surface area contributed by atoms with Gasteiger partial charge in [0, 0.05) is 50.3 Å². The lowest BCUT2D eigenvalue weighted by Crippen LogP contribution is -2.53. The third-order valence-electron chi connectivity index (χ3n) is 5.80. The van der Waals surface area contributed by atoms with Crippen molar-refractivity contribution in [3.63, 3.8) is 0 Å². The van der Waals surface area contributed by atoms with Crippen LogP contribution < -0.4 is 15.8 Å². The molecule has 1 aromatic heterocycles. The van der Waals surface area contributed by atoms with Crippen molar-refractivity contribution < 1.29 is 4.79 Å². The van der Waals surface area contributed by atoms with Crippen LogP contribution in [0, 0.1) is 13.8 Å². The van der Waals surface area contributed by atoms with E-state index in [1.54, 1.807) is 6.20 Å². The minimum absolute atomic E-state index is 0.129. The van der Waals surface area contributed by atoms with E-state index in [1.165, 1.54) is 16.8 Å². The first kappa shape index (κ1) is 17.9. The minimum Gasteiger partial charge on any atom is -0.368 e. The fourth-order valence-corrected chi connectivity index (χ4v) is 3.99. The van der Waals surface area contributed by atoms with E-state index in [9.17, 15) is 4.79 Å². The highest BCUT2D eigenvalue weighted by Gasteiger charge is 2.34. The number of aromatic nitrogens is 1. The van der Waals surface area contributed by atoms with E-state index < -0.39 is 0 Å². The molecule has 4 rings (SSSR count). The summed E-state index contributed by atoms with van der Waals surface area (Å²) in [5, 5.41) is 0. The van der Waals surface area contributed by atoms with Crippen molar-refractivity contribution >= 4 is 11.6 Å². The summed E-state index contributed by atoms with van der Waals surface area (Å²) in [4.78, 5) is 21.5. The summed E-state index contributed by atoms with van der Waals surface area (Å²) in [7, 11) is 0. The molecular weight excluding hydrogens is 338 g/mol. The zero-order valence-corrected chi connectivity index (χ0v) is 16.0. The smallest absolute Gasteiger partial charge is 0.241 e. The summed E-state index contributed by atoms with van der Waals surface area (Å²) in [6.45, 7) is 7.61. The van der Waals surface area contributed by atoms with Gasteiger partial charge >= 0.3 is 0 Å². The van der Waals surface area contributed by atoms with Crippen molar-refractivity contribution in [2.24, 2.45) is 0 Å². The maximum atomic E-state index is 12.9. The van der Waals surface area contributed by atoms with Gasteiger partial charge in [0.2, 0.25) is 5.91 Å². The van der Waals surface area contributed by atoms with Gasteiger partial charge in [0.1, 0.15) is 6.04 Å². The van der Waals surface area contributed by atoms with E-state index in [0.717, 1.165) is 38.2 Å². The van der Waals surface area contributed by atoms with Crippen LogP contribution >= 0.6 is 0 Å². The van der Waals surface area contributed by atoms with Gasteiger partial charge in [0.15, 0.2) is 0 Å². The van der Waals surface area contributed by atoms with Crippen molar-refractivity contribution in [2.45, 2.75) is 32.4 Å². The molecule has 2 fully saturated rings. The quantitative estimate of drug-likeness (QED) is 0.871.